The standard InChI is InChI=1S/C23H31N3O3S/c1-3-11-30(27,28)25-18-14-26(15-18)19-9-10-23-21(13-19)20(22(24-2)16-29-23)12-17-7-5-4-6-8-17/h4-10,13,18,20,22,24-25H,3,11-12,14-16H2,1-2H3/t20-,22+/m0/s1. The molecule has 2 aliphatic heterocycles. The Hall–Kier alpha value is -2.09. The summed E-state index contributed by atoms with van der Waals surface area (Å²) in [5.41, 5.74) is 3.66. The van der Waals surface area contributed by atoms with Gasteiger partial charge in [0.1, 0.15) is 12.4 Å². The number of hydrogen-bond acceptors (Lipinski definition) is 5. The molecule has 2 heterocycles. The summed E-state index contributed by atoms with van der Waals surface area (Å²) in [7, 11) is -1.18. The Balaban J connectivity index is 1.50. The van der Waals surface area contributed by atoms with Crippen LogP contribution in [0.3, 0.4) is 0 Å². The van der Waals surface area contributed by atoms with Crippen LogP contribution in [-0.2, 0) is 16.4 Å². The van der Waals surface area contributed by atoms with Gasteiger partial charge in [0.15, 0.2) is 0 Å². The van der Waals surface area contributed by atoms with Gasteiger partial charge in [-0.2, -0.15) is 0 Å². The minimum Gasteiger partial charge on any atom is -0.492 e. The predicted molar refractivity (Wildman–Crippen MR) is 121 cm³/mol. The molecule has 30 heavy (non-hydrogen) atoms. The molecule has 2 aromatic rings. The van der Waals surface area contributed by atoms with E-state index in [4.69, 9.17) is 4.74 Å². The summed E-state index contributed by atoms with van der Waals surface area (Å²) in [5, 5.41) is 3.42. The fourth-order valence-electron chi connectivity index (χ4n) is 4.42. The van der Waals surface area contributed by atoms with Crippen molar-refractivity contribution < 1.29 is 13.2 Å². The molecule has 2 N–H and O–H groups in total. The van der Waals surface area contributed by atoms with Gasteiger partial charge < -0.3 is 15.0 Å². The highest BCUT2D eigenvalue weighted by Gasteiger charge is 2.33. The summed E-state index contributed by atoms with van der Waals surface area (Å²) in [5.74, 6) is 1.46. The number of anilines is 1. The van der Waals surface area contributed by atoms with Gasteiger partial charge in [0.2, 0.25) is 10.0 Å². The number of nitrogens with zero attached hydrogens (tertiary/aromatic N) is 1. The Morgan fingerprint density at radius 1 is 1.13 bits per heavy atom. The lowest BCUT2D eigenvalue weighted by Gasteiger charge is -2.42. The van der Waals surface area contributed by atoms with E-state index in [1.807, 2.05) is 20.0 Å². The first kappa shape index (κ1) is 21.2. The number of sulfonamides is 1. The maximum Gasteiger partial charge on any atom is 0.211 e. The molecule has 0 amide bonds. The summed E-state index contributed by atoms with van der Waals surface area (Å²) < 4.78 is 32.8. The van der Waals surface area contributed by atoms with Crippen LogP contribution in [0.4, 0.5) is 5.69 Å². The minimum atomic E-state index is -3.17. The molecule has 0 unspecified atom stereocenters. The fraction of sp³-hybridized carbons (Fsp3) is 0.478. The first-order chi connectivity index (χ1) is 14.5. The average Bonchev–Trinajstić information content (AvgIpc) is 2.71. The first-order valence-corrected chi connectivity index (χ1v) is 12.4. The van der Waals surface area contributed by atoms with Crippen LogP contribution in [0.1, 0.15) is 30.4 Å². The molecule has 2 aromatic carbocycles. The Labute approximate surface area is 179 Å². The van der Waals surface area contributed by atoms with Crippen molar-refractivity contribution in [3.8, 4) is 5.75 Å². The SMILES string of the molecule is CCCS(=O)(=O)NC1CN(c2ccc3c(c2)[C@H](Cc2ccccc2)[C@H](NC)CO3)C1. The molecule has 0 bridgehead atoms. The van der Waals surface area contributed by atoms with E-state index in [0.29, 0.717) is 32.0 Å². The monoisotopic (exact) mass is 429 g/mol. The van der Waals surface area contributed by atoms with Crippen LogP contribution >= 0.6 is 0 Å². The summed E-state index contributed by atoms with van der Waals surface area (Å²) in [6.45, 7) is 3.93. The van der Waals surface area contributed by atoms with Gasteiger partial charge in [0.05, 0.1) is 11.8 Å². The second-order valence-corrected chi connectivity index (χ2v) is 10.1. The van der Waals surface area contributed by atoms with Gasteiger partial charge in [0.25, 0.3) is 0 Å². The van der Waals surface area contributed by atoms with Crippen molar-refractivity contribution in [2.75, 3.05) is 37.4 Å². The van der Waals surface area contributed by atoms with Gasteiger partial charge in [-0.15, -0.1) is 0 Å². The maximum atomic E-state index is 12.0. The van der Waals surface area contributed by atoms with Gasteiger partial charge in [-0.25, -0.2) is 13.1 Å². The van der Waals surface area contributed by atoms with Crippen molar-refractivity contribution in [3.05, 3.63) is 59.7 Å². The third-order valence-electron chi connectivity index (χ3n) is 6.03. The molecular formula is C23H31N3O3S. The van der Waals surface area contributed by atoms with E-state index >= 15 is 0 Å². The quantitative estimate of drug-likeness (QED) is 0.675. The van der Waals surface area contributed by atoms with Gasteiger partial charge in [-0.3, -0.25) is 0 Å². The number of ether oxygens (including phenoxy) is 1. The Morgan fingerprint density at radius 2 is 1.90 bits per heavy atom. The zero-order valence-corrected chi connectivity index (χ0v) is 18.5. The molecule has 0 aromatic heterocycles. The predicted octanol–water partition coefficient (Wildman–Crippen LogP) is 2.51. The molecule has 162 valence electrons. The summed E-state index contributed by atoms with van der Waals surface area (Å²) in [4.78, 5) is 2.22. The van der Waals surface area contributed by atoms with Crippen LogP contribution in [0.15, 0.2) is 48.5 Å². The van der Waals surface area contributed by atoms with Crippen LogP contribution in [0, 0.1) is 0 Å². The molecule has 2 atom stereocenters. The maximum absolute atomic E-state index is 12.0. The largest absolute Gasteiger partial charge is 0.492 e. The molecule has 1 fully saturated rings. The Morgan fingerprint density at radius 3 is 2.60 bits per heavy atom. The van der Waals surface area contributed by atoms with Crippen LogP contribution < -0.4 is 19.7 Å². The lowest BCUT2D eigenvalue weighted by Crippen LogP contribution is -2.59. The summed E-state index contributed by atoms with van der Waals surface area (Å²) in [6.07, 6.45) is 1.58. The van der Waals surface area contributed by atoms with Crippen molar-refractivity contribution in [3.63, 3.8) is 0 Å². The Kier molecular flexibility index (Phi) is 6.32. The van der Waals surface area contributed by atoms with Crippen molar-refractivity contribution in [2.24, 2.45) is 0 Å². The van der Waals surface area contributed by atoms with E-state index in [2.05, 4.69) is 57.4 Å². The molecule has 0 spiro atoms. The molecule has 6 nitrogen and oxygen atoms in total. The lowest BCUT2D eigenvalue weighted by molar-refractivity contribution is 0.219. The van der Waals surface area contributed by atoms with E-state index in [0.717, 1.165) is 17.9 Å². The zero-order valence-electron chi connectivity index (χ0n) is 17.7. The number of nitrogens with one attached hydrogen (secondary N) is 2. The zero-order chi connectivity index (χ0) is 21.1. The van der Waals surface area contributed by atoms with Gasteiger partial charge >= 0.3 is 0 Å². The lowest BCUT2D eigenvalue weighted by atomic mass is 9.83. The average molecular weight is 430 g/mol. The highest BCUT2D eigenvalue weighted by Crippen LogP contribution is 2.39. The van der Waals surface area contributed by atoms with E-state index in [1.165, 1.54) is 11.1 Å². The van der Waals surface area contributed by atoms with Gasteiger partial charge in [0, 0.05) is 36.3 Å². The van der Waals surface area contributed by atoms with Crippen LogP contribution in [0.25, 0.3) is 0 Å². The molecule has 0 aliphatic carbocycles. The highest BCUT2D eigenvalue weighted by atomic mass is 32.2. The van der Waals surface area contributed by atoms with E-state index in [-0.39, 0.29) is 17.8 Å². The number of likely N-dealkylation sites (N-methyl/N-ethyl adjacent to an activating group) is 1. The normalized spacial score (nSPS) is 21.6. The molecule has 0 radical (unpaired) electrons. The molecule has 7 heteroatoms. The number of rotatable bonds is 8. The summed E-state index contributed by atoms with van der Waals surface area (Å²) in [6, 6.07) is 17.2. The smallest absolute Gasteiger partial charge is 0.211 e. The van der Waals surface area contributed by atoms with Crippen molar-refractivity contribution in [1.29, 1.82) is 0 Å². The number of fused-ring (bicyclic) bond motifs is 1. The summed E-state index contributed by atoms with van der Waals surface area (Å²) >= 11 is 0. The van der Waals surface area contributed by atoms with Gasteiger partial charge in [-0.05, 0) is 43.7 Å². The molecule has 2 aliphatic rings. The second-order valence-electron chi connectivity index (χ2n) is 8.26. The van der Waals surface area contributed by atoms with Crippen LogP contribution in [-0.4, -0.2) is 53.0 Å². The minimum absolute atomic E-state index is 0.0148. The van der Waals surface area contributed by atoms with Crippen LogP contribution in [0.2, 0.25) is 0 Å². The fourth-order valence-corrected chi connectivity index (χ4v) is 5.73. The highest BCUT2D eigenvalue weighted by molar-refractivity contribution is 7.89. The molecule has 0 saturated carbocycles. The topological polar surface area (TPSA) is 70.7 Å². The van der Waals surface area contributed by atoms with E-state index < -0.39 is 10.0 Å². The van der Waals surface area contributed by atoms with Crippen molar-refractivity contribution in [1.82, 2.24) is 10.0 Å². The number of benzene rings is 2. The van der Waals surface area contributed by atoms with Crippen molar-refractivity contribution in [2.45, 2.75) is 37.8 Å². The third-order valence-corrected chi connectivity index (χ3v) is 7.67. The number of hydrogen-bond donors (Lipinski definition) is 2. The third kappa shape index (κ3) is 4.63. The van der Waals surface area contributed by atoms with Gasteiger partial charge in [-0.1, -0.05) is 37.3 Å². The molecular weight excluding hydrogens is 398 g/mol. The molecule has 1 saturated heterocycles. The van der Waals surface area contributed by atoms with E-state index in [9.17, 15) is 8.42 Å². The second kappa shape index (κ2) is 8.96. The molecule has 4 rings (SSSR count). The first-order valence-electron chi connectivity index (χ1n) is 10.7. The van der Waals surface area contributed by atoms with E-state index in [1.54, 1.807) is 0 Å². The Bertz CT molecular complexity index is 959. The van der Waals surface area contributed by atoms with Crippen molar-refractivity contribution >= 4 is 15.7 Å². The van der Waals surface area contributed by atoms with Crippen LogP contribution in [0.5, 0.6) is 5.75 Å².